The second-order valence-corrected chi connectivity index (χ2v) is 4.13. The van der Waals surface area contributed by atoms with Crippen LogP contribution in [-0.2, 0) is 0 Å². The molecule has 1 unspecified atom stereocenters. The molecule has 5 nitrogen and oxygen atoms in total. The maximum Gasteiger partial charge on any atom is 0.115 e. The minimum atomic E-state index is -0.142. The van der Waals surface area contributed by atoms with Crippen LogP contribution in [-0.4, -0.2) is 15.0 Å². The van der Waals surface area contributed by atoms with Gasteiger partial charge in [0.25, 0.3) is 0 Å². The Bertz CT molecular complexity index is 427. The lowest BCUT2D eigenvalue weighted by molar-refractivity contribution is 0.618. The van der Waals surface area contributed by atoms with Gasteiger partial charge >= 0.3 is 0 Å². The van der Waals surface area contributed by atoms with E-state index in [2.05, 4.69) is 20.4 Å². The van der Waals surface area contributed by atoms with Crippen molar-refractivity contribution in [3.63, 3.8) is 0 Å². The standard InChI is InChI=1S/C9H11N5S/c1-6-13-8(4-15-6)9(14-10)7-2-11-5-12-3-7/h2-5,9,14H,10H2,1H3. The Morgan fingerprint density at radius 1 is 1.40 bits per heavy atom. The molecule has 2 heterocycles. The summed E-state index contributed by atoms with van der Waals surface area (Å²) in [5.74, 6) is 5.51. The zero-order valence-electron chi connectivity index (χ0n) is 8.21. The van der Waals surface area contributed by atoms with Crippen molar-refractivity contribution in [2.75, 3.05) is 0 Å². The molecule has 0 saturated heterocycles. The first kappa shape index (κ1) is 10.2. The second-order valence-electron chi connectivity index (χ2n) is 3.06. The molecule has 0 aromatic carbocycles. The Labute approximate surface area is 91.4 Å². The summed E-state index contributed by atoms with van der Waals surface area (Å²) in [6.07, 6.45) is 4.95. The molecule has 15 heavy (non-hydrogen) atoms. The fourth-order valence-electron chi connectivity index (χ4n) is 1.32. The number of nitrogens with one attached hydrogen (secondary N) is 1. The molecular formula is C9H11N5S. The molecule has 0 bridgehead atoms. The third-order valence-corrected chi connectivity index (χ3v) is 2.80. The molecule has 0 radical (unpaired) electrons. The van der Waals surface area contributed by atoms with Gasteiger partial charge in [-0.15, -0.1) is 11.3 Å². The van der Waals surface area contributed by atoms with Gasteiger partial charge in [0.2, 0.25) is 0 Å². The quantitative estimate of drug-likeness (QED) is 0.592. The number of hydrogen-bond acceptors (Lipinski definition) is 6. The van der Waals surface area contributed by atoms with E-state index in [1.54, 1.807) is 23.7 Å². The lowest BCUT2D eigenvalue weighted by Crippen LogP contribution is -2.29. The van der Waals surface area contributed by atoms with Crippen LogP contribution in [0.5, 0.6) is 0 Å². The number of hydrazine groups is 1. The third-order valence-electron chi connectivity index (χ3n) is 2.01. The molecule has 3 N–H and O–H groups in total. The highest BCUT2D eigenvalue weighted by atomic mass is 32.1. The van der Waals surface area contributed by atoms with Gasteiger partial charge in [0.15, 0.2) is 0 Å². The van der Waals surface area contributed by atoms with Crippen LogP contribution in [0, 0.1) is 6.92 Å². The summed E-state index contributed by atoms with van der Waals surface area (Å²) in [5.41, 5.74) is 4.52. The van der Waals surface area contributed by atoms with Crippen molar-refractivity contribution < 1.29 is 0 Å². The molecule has 2 rings (SSSR count). The minimum Gasteiger partial charge on any atom is -0.271 e. The number of rotatable bonds is 3. The molecule has 1 atom stereocenters. The van der Waals surface area contributed by atoms with Gasteiger partial charge in [-0.2, -0.15) is 0 Å². The second kappa shape index (κ2) is 4.43. The smallest absolute Gasteiger partial charge is 0.115 e. The van der Waals surface area contributed by atoms with E-state index in [-0.39, 0.29) is 6.04 Å². The highest BCUT2D eigenvalue weighted by Crippen LogP contribution is 2.21. The molecule has 2 aromatic rings. The van der Waals surface area contributed by atoms with Crippen LogP contribution in [0.4, 0.5) is 0 Å². The van der Waals surface area contributed by atoms with Gasteiger partial charge in [-0.1, -0.05) is 0 Å². The monoisotopic (exact) mass is 221 g/mol. The van der Waals surface area contributed by atoms with Crippen LogP contribution in [0.1, 0.15) is 22.3 Å². The van der Waals surface area contributed by atoms with Crippen molar-refractivity contribution >= 4 is 11.3 Å². The van der Waals surface area contributed by atoms with Crippen LogP contribution in [0.25, 0.3) is 0 Å². The summed E-state index contributed by atoms with van der Waals surface area (Å²) in [5, 5.41) is 2.99. The van der Waals surface area contributed by atoms with Crippen molar-refractivity contribution in [3.8, 4) is 0 Å². The topological polar surface area (TPSA) is 76.7 Å². The first-order chi connectivity index (χ1) is 7.31. The van der Waals surface area contributed by atoms with E-state index in [1.807, 2.05) is 12.3 Å². The Balaban J connectivity index is 2.33. The predicted molar refractivity (Wildman–Crippen MR) is 58.0 cm³/mol. The maximum absolute atomic E-state index is 5.51. The first-order valence-electron chi connectivity index (χ1n) is 4.44. The zero-order chi connectivity index (χ0) is 10.7. The molecule has 2 aromatic heterocycles. The van der Waals surface area contributed by atoms with Gasteiger partial charge in [-0.3, -0.25) is 5.84 Å². The number of thiazole rings is 1. The van der Waals surface area contributed by atoms with Crippen molar-refractivity contribution in [3.05, 3.63) is 40.4 Å². The number of hydrogen-bond donors (Lipinski definition) is 2. The highest BCUT2D eigenvalue weighted by Gasteiger charge is 2.15. The lowest BCUT2D eigenvalue weighted by Gasteiger charge is -2.12. The zero-order valence-corrected chi connectivity index (χ0v) is 9.03. The first-order valence-corrected chi connectivity index (χ1v) is 5.32. The van der Waals surface area contributed by atoms with Crippen LogP contribution >= 0.6 is 11.3 Å². The molecule has 0 amide bonds. The van der Waals surface area contributed by atoms with Gasteiger partial charge in [0.05, 0.1) is 16.7 Å². The summed E-state index contributed by atoms with van der Waals surface area (Å²) in [6.45, 7) is 1.96. The van der Waals surface area contributed by atoms with E-state index >= 15 is 0 Å². The van der Waals surface area contributed by atoms with E-state index < -0.39 is 0 Å². The molecule has 78 valence electrons. The maximum atomic E-state index is 5.51. The molecule has 0 fully saturated rings. The predicted octanol–water partition coefficient (Wildman–Crippen LogP) is 0.794. The fourth-order valence-corrected chi connectivity index (χ4v) is 1.96. The Hall–Kier alpha value is -1.37. The Kier molecular flexibility index (Phi) is 3.00. The fraction of sp³-hybridized carbons (Fsp3) is 0.222. The summed E-state index contributed by atoms with van der Waals surface area (Å²) in [7, 11) is 0. The SMILES string of the molecule is Cc1nc(C(NN)c2cncnc2)cs1. The van der Waals surface area contributed by atoms with Gasteiger partial charge in [0, 0.05) is 23.3 Å². The largest absolute Gasteiger partial charge is 0.271 e. The number of aryl methyl sites for hydroxylation is 1. The number of nitrogens with two attached hydrogens (primary N) is 1. The van der Waals surface area contributed by atoms with Crippen LogP contribution in [0.2, 0.25) is 0 Å². The van der Waals surface area contributed by atoms with Gasteiger partial charge in [-0.25, -0.2) is 20.4 Å². The summed E-state index contributed by atoms with van der Waals surface area (Å²) < 4.78 is 0. The Morgan fingerprint density at radius 2 is 2.13 bits per heavy atom. The van der Waals surface area contributed by atoms with Crippen molar-refractivity contribution in [1.82, 2.24) is 20.4 Å². The van der Waals surface area contributed by atoms with E-state index in [0.717, 1.165) is 16.3 Å². The van der Waals surface area contributed by atoms with Crippen molar-refractivity contribution in [1.29, 1.82) is 0 Å². The summed E-state index contributed by atoms with van der Waals surface area (Å²) in [6, 6.07) is -0.142. The Morgan fingerprint density at radius 3 is 2.67 bits per heavy atom. The molecule has 0 saturated carbocycles. The molecule has 0 aliphatic heterocycles. The van der Waals surface area contributed by atoms with Crippen LogP contribution < -0.4 is 11.3 Å². The number of nitrogens with zero attached hydrogens (tertiary/aromatic N) is 3. The lowest BCUT2D eigenvalue weighted by atomic mass is 10.1. The molecule has 0 spiro atoms. The van der Waals surface area contributed by atoms with Gasteiger partial charge < -0.3 is 0 Å². The van der Waals surface area contributed by atoms with E-state index in [0.29, 0.717) is 0 Å². The van der Waals surface area contributed by atoms with E-state index in [9.17, 15) is 0 Å². The molecule has 0 aliphatic rings. The summed E-state index contributed by atoms with van der Waals surface area (Å²) in [4.78, 5) is 12.3. The molecule has 6 heteroatoms. The van der Waals surface area contributed by atoms with E-state index in [4.69, 9.17) is 5.84 Å². The normalized spacial score (nSPS) is 12.7. The van der Waals surface area contributed by atoms with Crippen LogP contribution in [0.3, 0.4) is 0 Å². The molecule has 0 aliphatic carbocycles. The van der Waals surface area contributed by atoms with Crippen LogP contribution in [0.15, 0.2) is 24.1 Å². The van der Waals surface area contributed by atoms with Crippen molar-refractivity contribution in [2.24, 2.45) is 5.84 Å². The molecular weight excluding hydrogens is 210 g/mol. The highest BCUT2D eigenvalue weighted by molar-refractivity contribution is 7.09. The third kappa shape index (κ3) is 2.17. The van der Waals surface area contributed by atoms with E-state index in [1.165, 1.54) is 6.33 Å². The van der Waals surface area contributed by atoms with Gasteiger partial charge in [-0.05, 0) is 6.92 Å². The average molecular weight is 221 g/mol. The minimum absolute atomic E-state index is 0.142. The average Bonchev–Trinajstić information content (AvgIpc) is 2.68. The van der Waals surface area contributed by atoms with Gasteiger partial charge in [0.1, 0.15) is 6.33 Å². The summed E-state index contributed by atoms with van der Waals surface area (Å²) >= 11 is 1.60. The number of aromatic nitrogens is 3. The van der Waals surface area contributed by atoms with Crippen molar-refractivity contribution in [2.45, 2.75) is 13.0 Å².